The monoisotopic (exact) mass is 1270 g/mol. The number of unbranched alkanes of at least 4 members (excludes halogenated alkanes) is 2. The molecule has 0 unspecified atom stereocenters. The highest BCUT2D eigenvalue weighted by Crippen LogP contribution is 2.36. The Hall–Kier alpha value is -7.48. The van der Waals surface area contributed by atoms with Gasteiger partial charge in [-0.3, -0.25) is 19.2 Å². The van der Waals surface area contributed by atoms with Crippen LogP contribution in [0.2, 0.25) is 0 Å². The fourth-order valence-electron chi connectivity index (χ4n) is 9.43. The molecule has 4 heterocycles. The molecule has 0 saturated heterocycles. The molecule has 0 fully saturated rings. The van der Waals surface area contributed by atoms with Crippen LogP contribution in [-0.2, 0) is 57.1 Å². The fraction of sp³-hybridized carbons (Fsp3) is 0.529. The predicted octanol–water partition coefficient (Wildman–Crippen LogP) is 10.0. The fourth-order valence-corrected chi connectivity index (χ4v) is 9.43. The van der Waals surface area contributed by atoms with Crippen molar-refractivity contribution < 1.29 is 93.7 Å². The van der Waals surface area contributed by atoms with E-state index in [1.54, 1.807) is 30.7 Å². The molecule has 0 spiro atoms. The lowest BCUT2D eigenvalue weighted by Crippen LogP contribution is -2.27. The number of ether oxygens (including phenoxy) is 12. The van der Waals surface area contributed by atoms with Crippen LogP contribution >= 0.6 is 0 Å². The summed E-state index contributed by atoms with van der Waals surface area (Å²) < 4.78 is 90.1. The van der Waals surface area contributed by atoms with Crippen LogP contribution in [0.15, 0.2) is 107 Å². The molecule has 0 atom stereocenters. The molecule has 0 aliphatic rings. The van der Waals surface area contributed by atoms with Crippen molar-refractivity contribution in [1.82, 2.24) is 5.32 Å². The van der Waals surface area contributed by atoms with Gasteiger partial charge < -0.3 is 79.8 Å². The van der Waals surface area contributed by atoms with Gasteiger partial charge in [0, 0.05) is 97.8 Å². The van der Waals surface area contributed by atoms with E-state index in [0.717, 1.165) is 41.0 Å². The van der Waals surface area contributed by atoms with Gasteiger partial charge in [-0.15, -0.1) is 0 Å². The highest BCUT2D eigenvalue weighted by molar-refractivity contribution is 6.01. The van der Waals surface area contributed by atoms with Gasteiger partial charge in [-0.2, -0.15) is 0 Å². The molecule has 1 N–H and O–H groups in total. The second kappa shape index (κ2) is 41.8. The van der Waals surface area contributed by atoms with Crippen LogP contribution in [0.1, 0.15) is 95.5 Å². The molecule has 0 bridgehead atoms. The summed E-state index contributed by atoms with van der Waals surface area (Å²) >= 11 is 0. The van der Waals surface area contributed by atoms with Crippen molar-refractivity contribution in [2.24, 2.45) is 0 Å². The normalized spacial score (nSPS) is 11.5. The summed E-state index contributed by atoms with van der Waals surface area (Å²) in [5.41, 5.74) is 1.65. The number of hydrogen-bond acceptors (Lipinski definition) is 22. The number of Topliss-reactive ketones (excluding diaryl/α,β-unsaturated/α-hetero) is 3. The Morgan fingerprint density at radius 3 is 1.20 bits per heavy atom. The van der Waals surface area contributed by atoms with E-state index in [0.29, 0.717) is 240 Å². The summed E-state index contributed by atoms with van der Waals surface area (Å²) in [5.74, 6) is 2.41. The van der Waals surface area contributed by atoms with E-state index in [9.17, 15) is 28.8 Å². The van der Waals surface area contributed by atoms with E-state index >= 15 is 0 Å². The van der Waals surface area contributed by atoms with Gasteiger partial charge in [0.25, 0.3) is 0 Å². The Balaban J connectivity index is 0.560. The Kier molecular flexibility index (Phi) is 32.6. The second-order valence-corrected chi connectivity index (χ2v) is 21.4. The third-order valence-electron chi connectivity index (χ3n) is 14.1. The number of rotatable bonds is 53. The zero-order valence-corrected chi connectivity index (χ0v) is 52.2. The quantitative estimate of drug-likeness (QED) is 0.0274. The molecular formula is C68H87NO22. The van der Waals surface area contributed by atoms with Crippen LogP contribution in [-0.4, -0.2) is 162 Å². The molecule has 3 aromatic carbocycles. The number of carbonyl (C=O) groups excluding carboxylic acids is 4. The third kappa shape index (κ3) is 27.1. The van der Waals surface area contributed by atoms with E-state index in [2.05, 4.69) is 5.32 Å². The largest absolute Gasteiger partial charge is 0.493 e. The maximum Gasteiger partial charge on any atom is 0.336 e. The Morgan fingerprint density at radius 2 is 0.725 bits per heavy atom. The minimum atomic E-state index is -0.490. The molecule has 496 valence electrons. The molecule has 4 aromatic heterocycles. The van der Waals surface area contributed by atoms with Crippen molar-refractivity contribution in [1.29, 1.82) is 0 Å². The lowest BCUT2D eigenvalue weighted by molar-refractivity contribution is -0.122. The predicted molar refractivity (Wildman–Crippen MR) is 337 cm³/mol. The average Bonchev–Trinajstić information content (AvgIpc) is 1.85. The Morgan fingerprint density at radius 1 is 0.352 bits per heavy atom. The molecule has 7 rings (SSSR count). The number of furan rings is 2. The summed E-state index contributed by atoms with van der Waals surface area (Å²) in [4.78, 5) is 73.1. The van der Waals surface area contributed by atoms with Gasteiger partial charge in [0.2, 0.25) is 17.4 Å². The molecule has 0 aliphatic heterocycles. The van der Waals surface area contributed by atoms with Crippen LogP contribution in [0.3, 0.4) is 0 Å². The minimum absolute atomic E-state index is 0.121. The first-order valence-corrected chi connectivity index (χ1v) is 31.5. The van der Waals surface area contributed by atoms with Crippen LogP contribution in [0, 0.1) is 6.92 Å². The van der Waals surface area contributed by atoms with E-state index in [1.165, 1.54) is 12.1 Å². The summed E-state index contributed by atoms with van der Waals surface area (Å²) in [7, 11) is 0. The van der Waals surface area contributed by atoms with Crippen molar-refractivity contribution >= 4 is 67.1 Å². The molecule has 23 heteroatoms. The van der Waals surface area contributed by atoms with Gasteiger partial charge in [0.1, 0.15) is 28.8 Å². The highest BCUT2D eigenvalue weighted by atomic mass is 16.6. The SMILES string of the molecule is Cc1cc(OCCCCC(=O)CCOCCOCCOCCOCCCC(=O)CCCOc2c3occc3cc3ccc(=O)oc23)cc(OCCCCC(=O)CCOCCOCCOCCOCCNC(=O)CCCOc2c3occc3cc3ccc(=O)oc23)c1. The number of amides is 1. The smallest absolute Gasteiger partial charge is 0.336 e. The zero-order valence-electron chi connectivity index (χ0n) is 52.2. The van der Waals surface area contributed by atoms with Crippen molar-refractivity contribution in [3.63, 3.8) is 0 Å². The first kappa shape index (κ1) is 71.0. The van der Waals surface area contributed by atoms with Crippen molar-refractivity contribution in [2.75, 3.05) is 139 Å². The Labute approximate surface area is 528 Å². The minimum Gasteiger partial charge on any atom is -0.493 e. The van der Waals surface area contributed by atoms with Crippen LogP contribution in [0.25, 0.3) is 43.9 Å². The van der Waals surface area contributed by atoms with E-state index < -0.39 is 11.3 Å². The molecule has 1 amide bonds. The van der Waals surface area contributed by atoms with Crippen molar-refractivity contribution in [3.05, 3.63) is 106 Å². The number of aryl methyl sites for hydroxylation is 1. The van der Waals surface area contributed by atoms with Gasteiger partial charge in [-0.1, -0.05) is 0 Å². The van der Waals surface area contributed by atoms with E-state index in [1.807, 2.05) is 43.3 Å². The van der Waals surface area contributed by atoms with Gasteiger partial charge in [-0.25, -0.2) is 9.59 Å². The van der Waals surface area contributed by atoms with E-state index in [4.69, 9.17) is 74.5 Å². The zero-order chi connectivity index (χ0) is 63.9. The van der Waals surface area contributed by atoms with Gasteiger partial charge >= 0.3 is 11.3 Å². The number of hydrogen-bond donors (Lipinski definition) is 1. The molecule has 0 saturated carbocycles. The number of carbonyl (C=O) groups is 4. The average molecular weight is 1270 g/mol. The summed E-state index contributed by atoms with van der Waals surface area (Å²) in [6.45, 7) is 10.1. The van der Waals surface area contributed by atoms with Crippen LogP contribution in [0.4, 0.5) is 0 Å². The number of ketones is 3. The van der Waals surface area contributed by atoms with Gasteiger partial charge in [-0.05, 0) is 106 Å². The maximum absolute atomic E-state index is 12.4. The van der Waals surface area contributed by atoms with Gasteiger partial charge in [0.15, 0.2) is 22.3 Å². The number of nitrogens with one attached hydrogen (secondary N) is 1. The maximum atomic E-state index is 12.4. The molecular weight excluding hydrogens is 1180 g/mol. The molecule has 7 aromatic rings. The van der Waals surface area contributed by atoms with E-state index in [-0.39, 0.29) is 42.9 Å². The number of benzene rings is 3. The van der Waals surface area contributed by atoms with Gasteiger partial charge in [0.05, 0.1) is 138 Å². The van der Waals surface area contributed by atoms with Crippen molar-refractivity contribution in [3.8, 4) is 23.0 Å². The standard InChI is InChI=1S/C68H87NO22/c1-50-45-58(84-24-4-2-9-56(71)20-28-77-34-38-81-42-41-80-37-33-76-23-6-11-55(70)12-7-26-86-67-63-53(18-30-88-63)47-51-14-16-61(74)90-65(51)67)49-59(46-50)85-25-5-3-10-57(72)21-29-78-35-39-82-43-44-83-40-36-79-32-22-69-60(73)13-8-27-87-68-64-54(19-31-89-64)48-52-15-17-62(75)91-66(52)68/h14-19,30-31,45-49H,2-13,20-29,32-44H2,1H3,(H,69,73). The molecule has 0 radical (unpaired) electrons. The topological polar surface area (TPSA) is 278 Å². The first-order valence-electron chi connectivity index (χ1n) is 31.5. The molecule has 0 aliphatic carbocycles. The number of fused-ring (bicyclic) bond motifs is 4. The first-order chi connectivity index (χ1) is 44.6. The Bertz CT molecular complexity index is 3180. The van der Waals surface area contributed by atoms with Crippen LogP contribution < -0.4 is 35.5 Å². The van der Waals surface area contributed by atoms with Crippen molar-refractivity contribution in [2.45, 2.75) is 96.8 Å². The lowest BCUT2D eigenvalue weighted by Gasteiger charge is -2.11. The highest BCUT2D eigenvalue weighted by Gasteiger charge is 2.17. The lowest BCUT2D eigenvalue weighted by atomic mass is 10.1. The third-order valence-corrected chi connectivity index (χ3v) is 14.1. The van der Waals surface area contributed by atoms with Crippen LogP contribution in [0.5, 0.6) is 23.0 Å². The summed E-state index contributed by atoms with van der Waals surface area (Å²) in [5, 5.41) is 5.92. The molecule has 91 heavy (non-hydrogen) atoms. The summed E-state index contributed by atoms with van der Waals surface area (Å²) in [6, 6.07) is 19.2. The summed E-state index contributed by atoms with van der Waals surface area (Å²) in [6.07, 6.45) is 10.2. The molecule has 23 nitrogen and oxygen atoms in total. The second-order valence-electron chi connectivity index (χ2n) is 21.4.